The molecular formula is C21H24BN7O3. The minimum atomic E-state index is -1.57. The fourth-order valence-corrected chi connectivity index (χ4v) is 3.96. The molecule has 32 heavy (non-hydrogen) atoms. The number of carbonyl (C=O) groups excluding carboxylic acids is 1. The Morgan fingerprint density at radius 2 is 2.03 bits per heavy atom. The van der Waals surface area contributed by atoms with E-state index in [0.29, 0.717) is 18.0 Å². The maximum absolute atomic E-state index is 11.9. The van der Waals surface area contributed by atoms with Crippen LogP contribution in [0, 0.1) is 0 Å². The number of rotatable bonds is 7. The normalized spacial score (nSPS) is 14.9. The van der Waals surface area contributed by atoms with Gasteiger partial charge in [-0.1, -0.05) is 36.4 Å². The fraction of sp³-hybridized carbons (Fsp3) is 0.238. The number of aromatic nitrogens is 3. The minimum absolute atomic E-state index is 0.0742. The fourth-order valence-electron chi connectivity index (χ4n) is 3.96. The van der Waals surface area contributed by atoms with Crippen LogP contribution in [0.4, 0.5) is 17.5 Å². The number of benzene rings is 2. The van der Waals surface area contributed by atoms with Crippen molar-refractivity contribution in [2.75, 3.05) is 10.2 Å². The van der Waals surface area contributed by atoms with Crippen molar-refractivity contribution in [2.24, 2.45) is 11.5 Å². The average molecular weight is 433 g/mol. The van der Waals surface area contributed by atoms with Crippen LogP contribution < -0.4 is 27.1 Å². The van der Waals surface area contributed by atoms with Gasteiger partial charge in [-0.15, -0.1) is 10.2 Å². The Hall–Kier alpha value is -3.54. The third-order valence-electron chi connectivity index (χ3n) is 5.50. The van der Waals surface area contributed by atoms with E-state index in [0.717, 1.165) is 28.8 Å². The minimum Gasteiger partial charge on any atom is -0.423 e. The summed E-state index contributed by atoms with van der Waals surface area (Å²) in [4.78, 5) is 18.4. The van der Waals surface area contributed by atoms with Crippen molar-refractivity contribution >= 4 is 35.9 Å². The SMILES string of the molecule is CC1Cc2c(CN)cccc2N1c1nnc(C(N)=O)c(NCc2cccc(B(O)O)c2)n1. The van der Waals surface area contributed by atoms with E-state index in [1.54, 1.807) is 18.2 Å². The molecule has 1 atom stereocenters. The van der Waals surface area contributed by atoms with E-state index in [1.165, 1.54) is 0 Å². The number of amides is 1. The third kappa shape index (κ3) is 4.13. The zero-order valence-corrected chi connectivity index (χ0v) is 17.6. The van der Waals surface area contributed by atoms with E-state index in [4.69, 9.17) is 11.5 Å². The van der Waals surface area contributed by atoms with Crippen molar-refractivity contribution in [1.29, 1.82) is 0 Å². The highest BCUT2D eigenvalue weighted by Crippen LogP contribution is 2.38. The second kappa shape index (κ2) is 8.91. The van der Waals surface area contributed by atoms with Crippen LogP contribution in [0.15, 0.2) is 42.5 Å². The predicted molar refractivity (Wildman–Crippen MR) is 122 cm³/mol. The van der Waals surface area contributed by atoms with Crippen LogP contribution in [-0.2, 0) is 19.5 Å². The number of nitrogens with zero attached hydrogens (tertiary/aromatic N) is 4. The first-order chi connectivity index (χ1) is 15.4. The van der Waals surface area contributed by atoms with Crippen LogP contribution in [0.25, 0.3) is 0 Å². The highest BCUT2D eigenvalue weighted by atomic mass is 16.4. The molecule has 1 aliphatic heterocycles. The Labute approximate surface area is 185 Å². The highest BCUT2D eigenvalue weighted by Gasteiger charge is 2.31. The standard InChI is InChI=1S/C21H24BN7O3/c1-12-8-16-14(10-23)5-3-7-17(16)29(12)21-26-20(18(19(24)30)27-28-21)25-11-13-4-2-6-15(9-13)22(31)32/h2-7,9,12,31-32H,8,10-11,23H2,1H3,(H2,24,30)(H,25,26,28). The molecule has 2 aromatic carbocycles. The lowest BCUT2D eigenvalue weighted by Gasteiger charge is -2.23. The summed E-state index contributed by atoms with van der Waals surface area (Å²) in [5, 5.41) is 30.0. The van der Waals surface area contributed by atoms with Crippen molar-refractivity contribution in [3.8, 4) is 0 Å². The molecule has 0 fully saturated rings. The quantitative estimate of drug-likeness (QED) is 0.318. The number of hydrogen-bond donors (Lipinski definition) is 5. The van der Waals surface area contributed by atoms with Gasteiger partial charge in [0, 0.05) is 24.8 Å². The summed E-state index contributed by atoms with van der Waals surface area (Å²) in [5.41, 5.74) is 15.6. The van der Waals surface area contributed by atoms with Gasteiger partial charge in [-0.2, -0.15) is 4.98 Å². The van der Waals surface area contributed by atoms with Crippen molar-refractivity contribution in [2.45, 2.75) is 32.5 Å². The summed E-state index contributed by atoms with van der Waals surface area (Å²) in [6.07, 6.45) is 0.794. The molecule has 0 radical (unpaired) electrons. The number of nitrogens with two attached hydrogens (primary N) is 2. The van der Waals surface area contributed by atoms with E-state index >= 15 is 0 Å². The lowest BCUT2D eigenvalue weighted by molar-refractivity contribution is 0.0995. The molecule has 164 valence electrons. The van der Waals surface area contributed by atoms with Crippen LogP contribution in [0.2, 0.25) is 0 Å². The van der Waals surface area contributed by atoms with Gasteiger partial charge < -0.3 is 31.7 Å². The van der Waals surface area contributed by atoms with Crippen LogP contribution in [0.3, 0.4) is 0 Å². The molecule has 4 rings (SSSR count). The van der Waals surface area contributed by atoms with Gasteiger partial charge in [0.2, 0.25) is 0 Å². The summed E-state index contributed by atoms with van der Waals surface area (Å²) in [7, 11) is -1.57. The van der Waals surface area contributed by atoms with E-state index in [9.17, 15) is 14.8 Å². The second-order valence-corrected chi connectivity index (χ2v) is 7.69. The first-order valence-electron chi connectivity index (χ1n) is 10.2. The van der Waals surface area contributed by atoms with Crippen LogP contribution in [0.1, 0.15) is 34.1 Å². The first-order valence-corrected chi connectivity index (χ1v) is 10.2. The van der Waals surface area contributed by atoms with Gasteiger partial charge in [-0.25, -0.2) is 0 Å². The average Bonchev–Trinajstić information content (AvgIpc) is 3.13. The molecule has 1 aromatic heterocycles. The molecule has 0 saturated carbocycles. The largest absolute Gasteiger partial charge is 0.488 e. The topological polar surface area (TPSA) is 164 Å². The summed E-state index contributed by atoms with van der Waals surface area (Å²) in [6, 6.07) is 12.8. The Bertz CT molecular complexity index is 1160. The van der Waals surface area contributed by atoms with E-state index in [-0.39, 0.29) is 24.1 Å². The Morgan fingerprint density at radius 1 is 1.25 bits per heavy atom. The molecule has 10 nitrogen and oxygen atoms in total. The molecule has 0 aliphatic carbocycles. The first kappa shape index (κ1) is 21.7. The van der Waals surface area contributed by atoms with Crippen LogP contribution in [-0.4, -0.2) is 44.3 Å². The Balaban J connectivity index is 1.66. The van der Waals surface area contributed by atoms with Crippen molar-refractivity contribution in [3.63, 3.8) is 0 Å². The summed E-state index contributed by atoms with van der Waals surface area (Å²) in [6.45, 7) is 2.77. The number of carbonyl (C=O) groups is 1. The number of nitrogens with one attached hydrogen (secondary N) is 1. The van der Waals surface area contributed by atoms with E-state index in [1.807, 2.05) is 29.2 Å². The number of hydrogen-bond acceptors (Lipinski definition) is 9. The lowest BCUT2D eigenvalue weighted by Crippen LogP contribution is -2.30. The van der Waals surface area contributed by atoms with Crippen molar-refractivity contribution in [3.05, 3.63) is 64.8 Å². The van der Waals surface area contributed by atoms with Gasteiger partial charge in [-0.05, 0) is 41.6 Å². The zero-order valence-electron chi connectivity index (χ0n) is 17.6. The molecule has 0 bridgehead atoms. The maximum atomic E-state index is 11.9. The summed E-state index contributed by atoms with van der Waals surface area (Å²) < 4.78 is 0. The van der Waals surface area contributed by atoms with Gasteiger partial charge in [0.05, 0.1) is 0 Å². The Kier molecular flexibility index (Phi) is 6.04. The molecule has 0 saturated heterocycles. The molecule has 1 aliphatic rings. The number of anilines is 3. The van der Waals surface area contributed by atoms with Gasteiger partial charge >= 0.3 is 7.12 Å². The lowest BCUT2D eigenvalue weighted by atomic mass is 9.80. The summed E-state index contributed by atoms with van der Waals surface area (Å²) in [5.74, 6) is -0.204. The summed E-state index contributed by atoms with van der Waals surface area (Å²) >= 11 is 0. The van der Waals surface area contributed by atoms with Crippen molar-refractivity contribution in [1.82, 2.24) is 15.2 Å². The van der Waals surface area contributed by atoms with Crippen LogP contribution in [0.5, 0.6) is 0 Å². The smallest absolute Gasteiger partial charge is 0.423 e. The molecule has 0 spiro atoms. The van der Waals surface area contributed by atoms with Gasteiger partial charge in [0.1, 0.15) is 0 Å². The van der Waals surface area contributed by atoms with Gasteiger partial charge in [-0.3, -0.25) is 4.79 Å². The molecule has 11 heteroatoms. The number of fused-ring (bicyclic) bond motifs is 1. The molecule has 2 heterocycles. The molecule has 1 amide bonds. The predicted octanol–water partition coefficient (Wildman–Crippen LogP) is -0.196. The van der Waals surface area contributed by atoms with Crippen LogP contribution >= 0.6 is 0 Å². The van der Waals surface area contributed by atoms with E-state index in [2.05, 4.69) is 27.4 Å². The van der Waals surface area contributed by atoms with Gasteiger partial charge in [0.15, 0.2) is 11.5 Å². The third-order valence-corrected chi connectivity index (χ3v) is 5.50. The van der Waals surface area contributed by atoms with Crippen molar-refractivity contribution < 1.29 is 14.8 Å². The Morgan fingerprint density at radius 3 is 2.75 bits per heavy atom. The van der Waals surface area contributed by atoms with Gasteiger partial charge in [0.25, 0.3) is 11.9 Å². The number of primary amides is 1. The monoisotopic (exact) mass is 433 g/mol. The molecule has 7 N–H and O–H groups in total. The molecule has 1 unspecified atom stereocenters. The molecular weight excluding hydrogens is 409 g/mol. The maximum Gasteiger partial charge on any atom is 0.488 e. The highest BCUT2D eigenvalue weighted by molar-refractivity contribution is 6.58. The van der Waals surface area contributed by atoms with E-state index < -0.39 is 13.0 Å². The molecule has 3 aromatic rings. The zero-order chi connectivity index (χ0) is 22.8. The second-order valence-electron chi connectivity index (χ2n) is 7.69.